The van der Waals surface area contributed by atoms with Gasteiger partial charge in [-0.05, 0) is 50.2 Å². The number of aryl methyl sites for hydroxylation is 1. The summed E-state index contributed by atoms with van der Waals surface area (Å²) in [5.74, 6) is 1.96. The Morgan fingerprint density at radius 3 is 2.61 bits per heavy atom. The third-order valence-electron chi connectivity index (χ3n) is 4.34. The summed E-state index contributed by atoms with van der Waals surface area (Å²) in [5, 5.41) is 0. The lowest BCUT2D eigenvalue weighted by molar-refractivity contribution is 0.339. The summed E-state index contributed by atoms with van der Waals surface area (Å²) < 4.78 is 0. The highest BCUT2D eigenvalue weighted by molar-refractivity contribution is 5.50. The zero-order chi connectivity index (χ0) is 13.1. The van der Waals surface area contributed by atoms with Crippen LogP contribution in [0.4, 0.5) is 5.82 Å². The van der Waals surface area contributed by atoms with E-state index in [1.807, 2.05) is 12.3 Å². The number of pyridine rings is 1. The molecular formula is C15H25N3. The molecule has 1 aliphatic rings. The zero-order valence-electron chi connectivity index (χ0n) is 11.8. The van der Waals surface area contributed by atoms with Crippen molar-refractivity contribution >= 4 is 5.82 Å². The van der Waals surface area contributed by atoms with Crippen molar-refractivity contribution in [3.8, 4) is 0 Å². The zero-order valence-corrected chi connectivity index (χ0v) is 11.8. The highest BCUT2D eigenvalue weighted by atomic mass is 15.2. The number of anilines is 1. The summed E-state index contributed by atoms with van der Waals surface area (Å²) in [5.41, 5.74) is 8.32. The minimum atomic E-state index is 0.572. The molecule has 1 aromatic heterocycles. The fourth-order valence-corrected chi connectivity index (χ4v) is 2.93. The smallest absolute Gasteiger partial charge is 0.133 e. The van der Waals surface area contributed by atoms with Crippen molar-refractivity contribution in [2.24, 2.45) is 11.7 Å². The molecule has 0 amide bonds. The lowest BCUT2D eigenvalue weighted by Crippen LogP contribution is -2.36. The van der Waals surface area contributed by atoms with Crippen LogP contribution in [-0.4, -0.2) is 18.1 Å². The number of rotatable bonds is 3. The first kappa shape index (κ1) is 13.3. The molecule has 1 aliphatic carbocycles. The Hall–Kier alpha value is -1.09. The van der Waals surface area contributed by atoms with Gasteiger partial charge in [0.25, 0.3) is 0 Å². The van der Waals surface area contributed by atoms with E-state index in [1.165, 1.54) is 36.8 Å². The normalized spacial score (nSPS) is 24.0. The summed E-state index contributed by atoms with van der Waals surface area (Å²) in [4.78, 5) is 6.90. The van der Waals surface area contributed by atoms with Crippen LogP contribution in [0.5, 0.6) is 0 Å². The van der Waals surface area contributed by atoms with Gasteiger partial charge >= 0.3 is 0 Å². The van der Waals surface area contributed by atoms with Crippen molar-refractivity contribution in [2.75, 3.05) is 11.9 Å². The van der Waals surface area contributed by atoms with Gasteiger partial charge in [0.05, 0.1) is 0 Å². The minimum Gasteiger partial charge on any atom is -0.356 e. The molecule has 0 unspecified atom stereocenters. The molecule has 0 bridgehead atoms. The number of hydrogen-bond donors (Lipinski definition) is 1. The maximum Gasteiger partial charge on any atom is 0.133 e. The van der Waals surface area contributed by atoms with Crippen LogP contribution >= 0.6 is 0 Å². The third kappa shape index (κ3) is 2.66. The Kier molecular flexibility index (Phi) is 4.23. The molecule has 3 heteroatoms. The monoisotopic (exact) mass is 247 g/mol. The van der Waals surface area contributed by atoms with Crippen LogP contribution in [0.3, 0.4) is 0 Å². The molecule has 2 N–H and O–H groups in total. The largest absolute Gasteiger partial charge is 0.356 e. The van der Waals surface area contributed by atoms with E-state index in [2.05, 4.69) is 30.8 Å². The number of hydrogen-bond acceptors (Lipinski definition) is 3. The maximum atomic E-state index is 5.87. The van der Waals surface area contributed by atoms with Crippen molar-refractivity contribution in [3.63, 3.8) is 0 Å². The van der Waals surface area contributed by atoms with Crippen LogP contribution in [0, 0.1) is 12.8 Å². The third-order valence-corrected chi connectivity index (χ3v) is 4.34. The fourth-order valence-electron chi connectivity index (χ4n) is 2.93. The second-order valence-corrected chi connectivity index (χ2v) is 5.66. The van der Waals surface area contributed by atoms with Crippen LogP contribution in [0.25, 0.3) is 0 Å². The van der Waals surface area contributed by atoms with Gasteiger partial charge in [0.1, 0.15) is 5.82 Å². The second-order valence-electron chi connectivity index (χ2n) is 5.66. The van der Waals surface area contributed by atoms with Gasteiger partial charge in [-0.3, -0.25) is 0 Å². The van der Waals surface area contributed by atoms with Gasteiger partial charge in [-0.25, -0.2) is 4.98 Å². The van der Waals surface area contributed by atoms with Gasteiger partial charge in [-0.2, -0.15) is 0 Å². The predicted molar refractivity (Wildman–Crippen MR) is 76.7 cm³/mol. The maximum absolute atomic E-state index is 5.87. The van der Waals surface area contributed by atoms with Crippen molar-refractivity contribution in [3.05, 3.63) is 23.4 Å². The first-order valence-electron chi connectivity index (χ1n) is 7.00. The quantitative estimate of drug-likeness (QED) is 0.893. The molecule has 0 radical (unpaired) electrons. The summed E-state index contributed by atoms with van der Waals surface area (Å²) >= 11 is 0. The summed E-state index contributed by atoms with van der Waals surface area (Å²) in [6, 6.07) is 2.67. The summed E-state index contributed by atoms with van der Waals surface area (Å²) in [7, 11) is 2.17. The fraction of sp³-hybridized carbons (Fsp3) is 0.667. The first-order valence-corrected chi connectivity index (χ1v) is 7.00. The Morgan fingerprint density at radius 2 is 2.00 bits per heavy atom. The highest BCUT2D eigenvalue weighted by Crippen LogP contribution is 2.30. The van der Waals surface area contributed by atoms with Crippen LogP contribution < -0.4 is 10.6 Å². The van der Waals surface area contributed by atoms with E-state index in [4.69, 9.17) is 5.73 Å². The molecule has 1 fully saturated rings. The van der Waals surface area contributed by atoms with E-state index in [9.17, 15) is 0 Å². The predicted octanol–water partition coefficient (Wildman–Crippen LogP) is 2.86. The molecule has 1 aromatic rings. The van der Waals surface area contributed by atoms with E-state index < -0.39 is 0 Å². The Morgan fingerprint density at radius 1 is 1.33 bits per heavy atom. The van der Waals surface area contributed by atoms with E-state index in [-0.39, 0.29) is 0 Å². The van der Waals surface area contributed by atoms with Gasteiger partial charge in [-0.1, -0.05) is 6.92 Å². The van der Waals surface area contributed by atoms with Crippen LogP contribution in [-0.2, 0) is 6.54 Å². The molecule has 2 rings (SSSR count). The molecule has 0 aromatic carbocycles. The SMILES string of the molecule is Cc1ccnc(N(C)C2CCC(C)CC2)c1CN. The topological polar surface area (TPSA) is 42.2 Å². The average Bonchev–Trinajstić information content (AvgIpc) is 2.38. The molecule has 100 valence electrons. The van der Waals surface area contributed by atoms with E-state index >= 15 is 0 Å². The summed E-state index contributed by atoms with van der Waals surface area (Å²) in [6.07, 6.45) is 7.11. The van der Waals surface area contributed by atoms with E-state index in [0.29, 0.717) is 12.6 Å². The lowest BCUT2D eigenvalue weighted by Gasteiger charge is -2.35. The minimum absolute atomic E-state index is 0.572. The van der Waals surface area contributed by atoms with Gasteiger partial charge in [0.15, 0.2) is 0 Å². The van der Waals surface area contributed by atoms with Crippen molar-refractivity contribution < 1.29 is 0 Å². The Bertz CT molecular complexity index is 395. The molecule has 3 nitrogen and oxygen atoms in total. The second kappa shape index (κ2) is 5.70. The first-order chi connectivity index (χ1) is 8.63. The van der Waals surface area contributed by atoms with Gasteiger partial charge in [0, 0.05) is 31.4 Å². The Labute approximate surface area is 110 Å². The highest BCUT2D eigenvalue weighted by Gasteiger charge is 2.23. The van der Waals surface area contributed by atoms with Crippen LogP contribution in [0.2, 0.25) is 0 Å². The summed E-state index contributed by atoms with van der Waals surface area (Å²) in [6.45, 7) is 5.04. The van der Waals surface area contributed by atoms with E-state index in [0.717, 1.165) is 11.7 Å². The van der Waals surface area contributed by atoms with Crippen molar-refractivity contribution in [1.29, 1.82) is 0 Å². The van der Waals surface area contributed by atoms with Gasteiger partial charge in [-0.15, -0.1) is 0 Å². The van der Waals surface area contributed by atoms with Gasteiger partial charge < -0.3 is 10.6 Å². The molecule has 18 heavy (non-hydrogen) atoms. The average molecular weight is 247 g/mol. The molecule has 1 saturated carbocycles. The molecule has 1 heterocycles. The van der Waals surface area contributed by atoms with Gasteiger partial charge in [0.2, 0.25) is 0 Å². The lowest BCUT2D eigenvalue weighted by atomic mass is 9.86. The van der Waals surface area contributed by atoms with E-state index in [1.54, 1.807) is 0 Å². The van der Waals surface area contributed by atoms with Crippen LogP contribution in [0.15, 0.2) is 12.3 Å². The van der Waals surface area contributed by atoms with Crippen LogP contribution in [0.1, 0.15) is 43.7 Å². The van der Waals surface area contributed by atoms with Crippen molar-refractivity contribution in [1.82, 2.24) is 4.98 Å². The number of nitrogens with zero attached hydrogens (tertiary/aromatic N) is 2. The molecule has 0 atom stereocenters. The molecule has 0 saturated heterocycles. The Balaban J connectivity index is 2.18. The standard InChI is InChI=1S/C15H25N3/c1-11-4-6-13(7-5-11)18(3)15-14(10-16)12(2)8-9-17-15/h8-9,11,13H,4-7,10,16H2,1-3H3. The number of aromatic nitrogens is 1. The molecule has 0 spiro atoms. The molecule has 0 aliphatic heterocycles. The number of nitrogens with two attached hydrogens (primary N) is 1. The molecular weight excluding hydrogens is 222 g/mol. The van der Waals surface area contributed by atoms with Crippen molar-refractivity contribution in [2.45, 2.75) is 52.1 Å².